The summed E-state index contributed by atoms with van der Waals surface area (Å²) in [6.45, 7) is 0.334. The van der Waals surface area contributed by atoms with Gasteiger partial charge in [0.2, 0.25) is 10.0 Å². The molecule has 1 heterocycles. The number of thiazole rings is 1. The number of hydrogen-bond donors (Lipinski definition) is 2. The maximum Gasteiger partial charge on any atom is 0.215 e. The topological polar surface area (TPSA) is 85.1 Å². The Morgan fingerprint density at radius 2 is 2.24 bits per heavy atom. The van der Waals surface area contributed by atoms with Crippen LogP contribution < -0.4 is 10.5 Å². The van der Waals surface area contributed by atoms with Crippen LogP contribution in [0.5, 0.6) is 0 Å². The number of nitrogens with zero attached hydrogens (tertiary/aromatic N) is 1. The Morgan fingerprint density at radius 3 is 2.90 bits per heavy atom. The molecule has 0 aliphatic rings. The summed E-state index contributed by atoms with van der Waals surface area (Å²) in [5.41, 5.74) is 9.48. The van der Waals surface area contributed by atoms with Crippen LogP contribution in [0, 0.1) is 0 Å². The van der Waals surface area contributed by atoms with Gasteiger partial charge in [-0.2, -0.15) is 0 Å². The van der Waals surface area contributed by atoms with Crippen molar-refractivity contribution in [2.75, 3.05) is 6.54 Å². The smallest absolute Gasteiger partial charge is 0.215 e. The molecule has 0 atom stereocenters. The van der Waals surface area contributed by atoms with Crippen LogP contribution in [0.3, 0.4) is 0 Å². The zero-order valence-electron chi connectivity index (χ0n) is 11.2. The minimum Gasteiger partial charge on any atom is -0.389 e. The van der Waals surface area contributed by atoms with Crippen molar-refractivity contribution in [2.24, 2.45) is 5.73 Å². The molecule has 112 valence electrons. The molecule has 0 spiro atoms. The Bertz CT molecular complexity index is 712. The number of aromatic nitrogens is 1. The average Bonchev–Trinajstić information content (AvgIpc) is 2.91. The fraction of sp³-hybridized carbons (Fsp3) is 0.231. The molecule has 0 bridgehead atoms. The second kappa shape index (κ2) is 7.08. The summed E-state index contributed by atoms with van der Waals surface area (Å²) in [6.07, 6.45) is 0.579. The van der Waals surface area contributed by atoms with E-state index in [2.05, 4.69) is 9.71 Å². The van der Waals surface area contributed by atoms with Crippen molar-refractivity contribution in [3.05, 3.63) is 52.0 Å². The number of sulfonamides is 1. The van der Waals surface area contributed by atoms with Gasteiger partial charge in [-0.15, -0.1) is 11.3 Å². The number of benzene rings is 1. The van der Waals surface area contributed by atoms with E-state index < -0.39 is 10.0 Å². The number of nitrogens with one attached hydrogen (secondary N) is 1. The third-order valence-corrected chi connectivity index (χ3v) is 4.98. The van der Waals surface area contributed by atoms with E-state index in [1.165, 1.54) is 11.3 Å². The summed E-state index contributed by atoms with van der Waals surface area (Å²) < 4.78 is 26.6. The van der Waals surface area contributed by atoms with Gasteiger partial charge in [0, 0.05) is 23.9 Å². The van der Waals surface area contributed by atoms with E-state index in [-0.39, 0.29) is 10.7 Å². The highest BCUT2D eigenvalue weighted by Gasteiger charge is 2.12. The predicted octanol–water partition coefficient (Wildman–Crippen LogP) is 1.44. The second-order valence-corrected chi connectivity index (χ2v) is 7.41. The molecule has 0 saturated heterocycles. The molecular weight excluding hydrogens is 326 g/mol. The molecule has 0 saturated carbocycles. The van der Waals surface area contributed by atoms with Gasteiger partial charge in [0.1, 0.15) is 4.99 Å². The van der Waals surface area contributed by atoms with Crippen molar-refractivity contribution in [3.63, 3.8) is 0 Å². The molecule has 8 heteroatoms. The normalized spacial score (nSPS) is 11.4. The fourth-order valence-corrected chi connectivity index (χ4v) is 3.63. The van der Waals surface area contributed by atoms with Gasteiger partial charge in [-0.3, -0.25) is 0 Å². The third-order valence-electron chi connectivity index (χ3n) is 2.75. The van der Waals surface area contributed by atoms with E-state index in [4.69, 9.17) is 18.0 Å². The van der Waals surface area contributed by atoms with Crippen molar-refractivity contribution < 1.29 is 8.42 Å². The third kappa shape index (κ3) is 5.16. The van der Waals surface area contributed by atoms with Crippen LogP contribution in [0.4, 0.5) is 0 Å². The van der Waals surface area contributed by atoms with Gasteiger partial charge in [-0.1, -0.05) is 30.4 Å². The van der Waals surface area contributed by atoms with Crippen molar-refractivity contribution in [1.29, 1.82) is 0 Å². The molecule has 0 aliphatic carbocycles. The maximum absolute atomic E-state index is 12.0. The van der Waals surface area contributed by atoms with Crippen LogP contribution in [0.15, 0.2) is 35.2 Å². The summed E-state index contributed by atoms with van der Waals surface area (Å²) in [5, 5.41) is 1.90. The highest BCUT2D eigenvalue weighted by molar-refractivity contribution is 7.88. The molecule has 2 aromatic rings. The molecular formula is C13H15N3O2S3. The van der Waals surface area contributed by atoms with Gasteiger partial charge >= 0.3 is 0 Å². The summed E-state index contributed by atoms with van der Waals surface area (Å²) in [6, 6.07) is 6.94. The van der Waals surface area contributed by atoms with E-state index in [9.17, 15) is 8.42 Å². The van der Waals surface area contributed by atoms with Gasteiger partial charge in [0.15, 0.2) is 0 Å². The first-order chi connectivity index (χ1) is 9.96. The van der Waals surface area contributed by atoms with Crippen LogP contribution in [0.2, 0.25) is 0 Å². The largest absolute Gasteiger partial charge is 0.389 e. The Balaban J connectivity index is 1.94. The Hall–Kier alpha value is -1.35. The zero-order chi connectivity index (χ0) is 15.3. The molecule has 2 rings (SSSR count). The Labute approximate surface area is 133 Å². The molecule has 1 aromatic carbocycles. The lowest BCUT2D eigenvalue weighted by Gasteiger charge is -2.07. The number of hydrogen-bond acceptors (Lipinski definition) is 5. The first-order valence-electron chi connectivity index (χ1n) is 6.19. The Kier molecular flexibility index (Phi) is 5.40. The second-order valence-electron chi connectivity index (χ2n) is 4.45. The maximum atomic E-state index is 12.0. The number of nitrogens with two attached hydrogens (primary N) is 1. The fourth-order valence-electron chi connectivity index (χ4n) is 1.78. The van der Waals surface area contributed by atoms with Gasteiger partial charge in [0.25, 0.3) is 0 Å². The SMILES string of the molecule is NC(=S)c1cccc(CS(=O)(=O)NCCc2cscn2)c1. The van der Waals surface area contributed by atoms with Crippen LogP contribution >= 0.6 is 23.6 Å². The van der Waals surface area contributed by atoms with Crippen molar-refractivity contribution in [2.45, 2.75) is 12.2 Å². The van der Waals surface area contributed by atoms with Crippen LogP contribution in [0.25, 0.3) is 0 Å². The molecule has 0 radical (unpaired) electrons. The van der Waals surface area contributed by atoms with Crippen LogP contribution in [0.1, 0.15) is 16.8 Å². The van der Waals surface area contributed by atoms with E-state index in [1.807, 2.05) is 5.38 Å². The molecule has 3 N–H and O–H groups in total. The van der Waals surface area contributed by atoms with Crippen molar-refractivity contribution in [3.8, 4) is 0 Å². The van der Waals surface area contributed by atoms with Gasteiger partial charge < -0.3 is 5.73 Å². The summed E-state index contributed by atoms with van der Waals surface area (Å²) in [7, 11) is -3.39. The molecule has 1 aromatic heterocycles. The lowest BCUT2D eigenvalue weighted by atomic mass is 10.1. The minimum absolute atomic E-state index is 0.0967. The molecule has 5 nitrogen and oxygen atoms in total. The Morgan fingerprint density at radius 1 is 1.43 bits per heavy atom. The molecule has 0 unspecified atom stereocenters. The summed E-state index contributed by atoms with van der Waals surface area (Å²) in [4.78, 5) is 4.36. The lowest BCUT2D eigenvalue weighted by Crippen LogP contribution is -2.27. The standard InChI is InChI=1S/C13H15N3O2S3/c14-13(19)11-3-1-2-10(6-11)8-21(17,18)16-5-4-12-7-20-9-15-12/h1-3,6-7,9,16H,4-5,8H2,(H2,14,19). The highest BCUT2D eigenvalue weighted by Crippen LogP contribution is 2.09. The average molecular weight is 341 g/mol. The lowest BCUT2D eigenvalue weighted by molar-refractivity contribution is 0.580. The van der Waals surface area contributed by atoms with Crippen LogP contribution in [-0.2, 0) is 22.2 Å². The monoisotopic (exact) mass is 341 g/mol. The van der Waals surface area contributed by atoms with E-state index in [0.29, 0.717) is 24.1 Å². The molecule has 0 fully saturated rings. The molecule has 0 amide bonds. The summed E-state index contributed by atoms with van der Waals surface area (Å²) in [5.74, 6) is -0.0967. The van der Waals surface area contributed by atoms with Crippen molar-refractivity contribution >= 4 is 38.6 Å². The van der Waals surface area contributed by atoms with Gasteiger partial charge in [0.05, 0.1) is 17.0 Å². The van der Waals surface area contributed by atoms with Crippen molar-refractivity contribution in [1.82, 2.24) is 9.71 Å². The zero-order valence-corrected chi connectivity index (χ0v) is 13.6. The van der Waals surface area contributed by atoms with E-state index in [0.717, 1.165) is 5.69 Å². The van der Waals surface area contributed by atoms with Gasteiger partial charge in [-0.05, 0) is 11.6 Å². The number of thiocarbonyl (C=S) groups is 1. The first kappa shape index (κ1) is 16.0. The minimum atomic E-state index is -3.39. The van der Waals surface area contributed by atoms with Crippen LogP contribution in [-0.4, -0.2) is 24.9 Å². The van der Waals surface area contributed by atoms with E-state index in [1.54, 1.807) is 29.8 Å². The number of rotatable bonds is 7. The first-order valence-corrected chi connectivity index (χ1v) is 9.20. The summed E-state index contributed by atoms with van der Waals surface area (Å²) >= 11 is 6.38. The molecule has 0 aliphatic heterocycles. The predicted molar refractivity (Wildman–Crippen MR) is 88.8 cm³/mol. The molecule has 21 heavy (non-hydrogen) atoms. The van der Waals surface area contributed by atoms with Gasteiger partial charge in [-0.25, -0.2) is 18.1 Å². The highest BCUT2D eigenvalue weighted by atomic mass is 32.2. The quantitative estimate of drug-likeness (QED) is 0.744. The van der Waals surface area contributed by atoms with E-state index >= 15 is 0 Å².